The second kappa shape index (κ2) is 7.51. The van der Waals surface area contributed by atoms with Gasteiger partial charge in [0.05, 0.1) is 13.7 Å². The third-order valence-electron chi connectivity index (χ3n) is 3.38. The van der Waals surface area contributed by atoms with Crippen molar-refractivity contribution >= 4 is 15.9 Å². The van der Waals surface area contributed by atoms with Crippen molar-refractivity contribution in [3.05, 3.63) is 59.2 Å². The molecule has 1 unspecified atom stereocenters. The van der Waals surface area contributed by atoms with Crippen LogP contribution in [0.15, 0.2) is 42.5 Å². The van der Waals surface area contributed by atoms with Crippen molar-refractivity contribution in [2.75, 3.05) is 13.7 Å². The number of hydrogen-bond donors (Lipinski definition) is 0. The monoisotopic (exact) mass is 348 g/mol. The Kier molecular flexibility index (Phi) is 5.68. The van der Waals surface area contributed by atoms with Crippen LogP contribution < -0.4 is 9.47 Å². The van der Waals surface area contributed by atoms with Gasteiger partial charge in [-0.2, -0.15) is 0 Å². The van der Waals surface area contributed by atoms with Crippen LogP contribution in [0.1, 0.15) is 28.4 Å². The molecule has 0 fully saturated rings. The Morgan fingerprint density at radius 3 is 2.43 bits per heavy atom. The predicted octanol–water partition coefficient (Wildman–Crippen LogP) is 5.08. The molecule has 2 aromatic rings. The molecule has 112 valence electrons. The van der Waals surface area contributed by atoms with Gasteiger partial charge in [-0.1, -0.05) is 45.8 Å². The number of halogens is 1. The molecule has 0 spiro atoms. The highest BCUT2D eigenvalue weighted by atomic mass is 79.9. The van der Waals surface area contributed by atoms with Crippen molar-refractivity contribution in [2.24, 2.45) is 0 Å². The Balaban J connectivity index is 2.18. The molecule has 0 N–H and O–H groups in total. The van der Waals surface area contributed by atoms with Gasteiger partial charge >= 0.3 is 0 Å². The van der Waals surface area contributed by atoms with E-state index in [-0.39, 0.29) is 4.83 Å². The quantitative estimate of drug-likeness (QED) is 0.677. The first-order valence-electron chi connectivity index (χ1n) is 7.14. The van der Waals surface area contributed by atoms with Gasteiger partial charge in [-0.25, -0.2) is 0 Å². The summed E-state index contributed by atoms with van der Waals surface area (Å²) >= 11 is 3.80. The summed E-state index contributed by atoms with van der Waals surface area (Å²) in [7, 11) is 1.68. The summed E-state index contributed by atoms with van der Waals surface area (Å²) in [5, 5.41) is 0. The van der Waals surface area contributed by atoms with Crippen LogP contribution >= 0.6 is 15.9 Å². The Hall–Kier alpha value is -1.48. The van der Waals surface area contributed by atoms with Crippen molar-refractivity contribution < 1.29 is 9.47 Å². The molecule has 0 aliphatic heterocycles. The maximum atomic E-state index is 5.74. The Morgan fingerprint density at radius 1 is 1.10 bits per heavy atom. The van der Waals surface area contributed by atoms with E-state index >= 15 is 0 Å². The lowest BCUT2D eigenvalue weighted by atomic mass is 10.0. The largest absolute Gasteiger partial charge is 0.497 e. The van der Waals surface area contributed by atoms with E-state index in [9.17, 15) is 0 Å². The van der Waals surface area contributed by atoms with Crippen LogP contribution in [0.2, 0.25) is 0 Å². The highest BCUT2D eigenvalue weighted by molar-refractivity contribution is 9.09. The molecule has 0 aliphatic carbocycles. The molecule has 0 aliphatic rings. The highest BCUT2D eigenvalue weighted by Gasteiger charge is 2.14. The number of methoxy groups -OCH3 is 1. The van der Waals surface area contributed by atoms with E-state index in [1.54, 1.807) is 7.11 Å². The van der Waals surface area contributed by atoms with Gasteiger partial charge in [-0.15, -0.1) is 0 Å². The van der Waals surface area contributed by atoms with E-state index in [1.807, 2.05) is 19.1 Å². The van der Waals surface area contributed by atoms with E-state index in [2.05, 4.69) is 53.2 Å². The topological polar surface area (TPSA) is 18.5 Å². The van der Waals surface area contributed by atoms with Crippen LogP contribution in [0.3, 0.4) is 0 Å². The second-order valence-corrected chi connectivity index (χ2v) is 6.10. The third kappa shape index (κ3) is 4.24. The molecule has 0 radical (unpaired) electrons. The Labute approximate surface area is 135 Å². The van der Waals surface area contributed by atoms with Crippen molar-refractivity contribution in [3.8, 4) is 11.5 Å². The fraction of sp³-hybridized carbons (Fsp3) is 0.333. The molecule has 0 amide bonds. The van der Waals surface area contributed by atoms with Crippen LogP contribution in [0.4, 0.5) is 0 Å². The second-order valence-electron chi connectivity index (χ2n) is 4.99. The molecule has 0 bridgehead atoms. The lowest BCUT2D eigenvalue weighted by Gasteiger charge is -2.16. The van der Waals surface area contributed by atoms with Gasteiger partial charge in [-0.3, -0.25) is 0 Å². The summed E-state index contributed by atoms with van der Waals surface area (Å²) in [6.07, 6.45) is 0.910. The van der Waals surface area contributed by atoms with Crippen molar-refractivity contribution in [1.82, 2.24) is 0 Å². The zero-order valence-electron chi connectivity index (χ0n) is 12.7. The van der Waals surface area contributed by atoms with Crippen LogP contribution in [0.5, 0.6) is 11.5 Å². The van der Waals surface area contributed by atoms with E-state index in [0.717, 1.165) is 17.9 Å². The van der Waals surface area contributed by atoms with Crippen molar-refractivity contribution in [2.45, 2.75) is 25.1 Å². The zero-order valence-corrected chi connectivity index (χ0v) is 14.3. The first kappa shape index (κ1) is 15.9. The summed E-state index contributed by atoms with van der Waals surface area (Å²) in [6, 6.07) is 14.5. The molecule has 3 heteroatoms. The molecule has 2 rings (SSSR count). The fourth-order valence-electron chi connectivity index (χ4n) is 2.28. The van der Waals surface area contributed by atoms with Gasteiger partial charge in [0.1, 0.15) is 11.5 Å². The summed E-state index contributed by atoms with van der Waals surface area (Å²) in [4.78, 5) is 0.229. The van der Waals surface area contributed by atoms with Gasteiger partial charge in [0, 0.05) is 10.4 Å². The SMILES string of the molecule is CCOc1ccc(C)cc1C(Br)Cc1ccc(OC)cc1. The molecule has 0 saturated heterocycles. The molecular weight excluding hydrogens is 328 g/mol. The number of alkyl halides is 1. The van der Waals surface area contributed by atoms with Crippen LogP contribution in [0, 0.1) is 6.92 Å². The Bertz CT molecular complexity index is 578. The molecule has 0 aromatic heterocycles. The normalized spacial score (nSPS) is 12.0. The lowest BCUT2D eigenvalue weighted by Crippen LogP contribution is -2.01. The van der Waals surface area contributed by atoms with Gasteiger partial charge < -0.3 is 9.47 Å². The summed E-state index contributed by atoms with van der Waals surface area (Å²) in [6.45, 7) is 4.79. The first-order valence-corrected chi connectivity index (χ1v) is 8.06. The van der Waals surface area contributed by atoms with Gasteiger partial charge in [-0.05, 0) is 44.0 Å². The zero-order chi connectivity index (χ0) is 15.2. The van der Waals surface area contributed by atoms with Crippen LogP contribution in [-0.2, 0) is 6.42 Å². The third-order valence-corrected chi connectivity index (χ3v) is 4.19. The van der Waals surface area contributed by atoms with E-state index in [4.69, 9.17) is 9.47 Å². The summed E-state index contributed by atoms with van der Waals surface area (Å²) < 4.78 is 10.9. The lowest BCUT2D eigenvalue weighted by molar-refractivity contribution is 0.336. The smallest absolute Gasteiger partial charge is 0.123 e. The first-order chi connectivity index (χ1) is 10.1. The minimum Gasteiger partial charge on any atom is -0.497 e. The number of rotatable bonds is 6. The number of hydrogen-bond acceptors (Lipinski definition) is 2. The summed E-state index contributed by atoms with van der Waals surface area (Å²) in [5.74, 6) is 1.84. The van der Waals surface area contributed by atoms with Crippen molar-refractivity contribution in [1.29, 1.82) is 0 Å². The number of benzene rings is 2. The minimum absolute atomic E-state index is 0.229. The van der Waals surface area contributed by atoms with E-state index in [1.165, 1.54) is 16.7 Å². The molecule has 1 atom stereocenters. The Morgan fingerprint density at radius 2 is 1.81 bits per heavy atom. The van der Waals surface area contributed by atoms with Gasteiger partial charge in [0.25, 0.3) is 0 Å². The predicted molar refractivity (Wildman–Crippen MR) is 90.7 cm³/mol. The van der Waals surface area contributed by atoms with E-state index in [0.29, 0.717) is 6.61 Å². The van der Waals surface area contributed by atoms with Crippen LogP contribution in [-0.4, -0.2) is 13.7 Å². The molecule has 0 saturated carbocycles. The highest BCUT2D eigenvalue weighted by Crippen LogP contribution is 2.35. The fourth-order valence-corrected chi connectivity index (χ4v) is 3.01. The maximum absolute atomic E-state index is 5.74. The molecular formula is C18H21BrO2. The maximum Gasteiger partial charge on any atom is 0.123 e. The molecule has 2 nitrogen and oxygen atoms in total. The van der Waals surface area contributed by atoms with Gasteiger partial charge in [0.2, 0.25) is 0 Å². The van der Waals surface area contributed by atoms with Gasteiger partial charge in [0.15, 0.2) is 0 Å². The van der Waals surface area contributed by atoms with E-state index < -0.39 is 0 Å². The average molecular weight is 349 g/mol. The average Bonchev–Trinajstić information content (AvgIpc) is 2.50. The minimum atomic E-state index is 0.229. The summed E-state index contributed by atoms with van der Waals surface area (Å²) in [5.41, 5.74) is 3.71. The molecule has 21 heavy (non-hydrogen) atoms. The standard InChI is InChI=1S/C18H21BrO2/c1-4-21-18-10-5-13(2)11-16(18)17(19)12-14-6-8-15(20-3)9-7-14/h5-11,17H,4,12H2,1-3H3. The number of ether oxygens (including phenoxy) is 2. The van der Waals surface area contributed by atoms with Crippen LogP contribution in [0.25, 0.3) is 0 Å². The molecule has 2 aromatic carbocycles. The van der Waals surface area contributed by atoms with Crippen molar-refractivity contribution in [3.63, 3.8) is 0 Å². The molecule has 0 heterocycles. The number of aryl methyl sites for hydroxylation is 1.